The molecule has 1 aliphatic rings. The van der Waals surface area contributed by atoms with Gasteiger partial charge in [-0.15, -0.1) is 0 Å². The molecule has 0 aliphatic carbocycles. The quantitative estimate of drug-likeness (QED) is 0.713. The molecule has 2 aromatic carbocycles. The third-order valence-electron chi connectivity index (χ3n) is 4.26. The van der Waals surface area contributed by atoms with Gasteiger partial charge >= 0.3 is 0 Å². The van der Waals surface area contributed by atoms with Gasteiger partial charge in [-0.2, -0.15) is 5.26 Å². The highest BCUT2D eigenvalue weighted by atomic mass is 16.5. The molecule has 0 amide bonds. The monoisotopic (exact) mass is 347 g/mol. The van der Waals surface area contributed by atoms with Crippen LogP contribution in [0.4, 0.5) is 0 Å². The molecule has 1 heterocycles. The molecule has 0 aromatic heterocycles. The number of fused-ring (bicyclic) bond motifs is 1. The molecule has 134 valence electrons. The Bertz CT molecular complexity index is 858. The molecule has 1 aliphatic heterocycles. The lowest BCUT2D eigenvalue weighted by molar-refractivity contribution is 0.157. The summed E-state index contributed by atoms with van der Waals surface area (Å²) in [6.45, 7) is 8.77. The molecule has 0 saturated carbocycles. The molecule has 0 unspecified atom stereocenters. The molecule has 0 spiro atoms. The van der Waals surface area contributed by atoms with Crippen LogP contribution in [0.15, 0.2) is 48.5 Å². The number of hydrogen-bond acceptors (Lipinski definition) is 3. The topological polar surface area (TPSA) is 42.2 Å². The Morgan fingerprint density at radius 2 is 1.85 bits per heavy atom. The molecule has 0 saturated heterocycles. The summed E-state index contributed by atoms with van der Waals surface area (Å²) < 4.78 is 12.3. The van der Waals surface area contributed by atoms with Crippen LogP contribution in [0, 0.1) is 17.2 Å². The first kappa shape index (κ1) is 18.1. The van der Waals surface area contributed by atoms with E-state index in [0.717, 1.165) is 28.9 Å². The molecule has 3 nitrogen and oxygen atoms in total. The van der Waals surface area contributed by atoms with Crippen molar-refractivity contribution < 1.29 is 9.47 Å². The molecule has 2 aromatic rings. The third kappa shape index (κ3) is 4.08. The van der Waals surface area contributed by atoms with Gasteiger partial charge in [-0.1, -0.05) is 44.2 Å². The first-order valence-electron chi connectivity index (χ1n) is 9.04. The molecular weight excluding hydrogens is 322 g/mol. The molecule has 26 heavy (non-hydrogen) atoms. The van der Waals surface area contributed by atoms with Crippen molar-refractivity contribution in [2.75, 3.05) is 0 Å². The van der Waals surface area contributed by atoms with Crippen LogP contribution in [-0.2, 0) is 13.0 Å². The standard InChI is InChI=1S/C23H25NO2/c1-16(2)10-18-11-20(25-15-17-8-6-5-7-9-17)22-19(14-24)13-23(3,4)26-21(22)12-18/h5-9,11-13,16H,10,15H2,1-4H3. The SMILES string of the molecule is CC(C)Cc1cc(OCc2ccccc2)c2c(c1)OC(C)(C)C=C2C#N. The fourth-order valence-electron chi connectivity index (χ4n) is 3.25. The van der Waals surface area contributed by atoms with Gasteiger partial charge in [0.2, 0.25) is 0 Å². The minimum Gasteiger partial charge on any atom is -0.488 e. The van der Waals surface area contributed by atoms with Gasteiger partial charge < -0.3 is 9.47 Å². The lowest BCUT2D eigenvalue weighted by atomic mass is 9.92. The molecule has 0 bridgehead atoms. The second-order valence-corrected chi connectivity index (χ2v) is 7.71. The van der Waals surface area contributed by atoms with E-state index in [9.17, 15) is 5.26 Å². The number of rotatable bonds is 5. The first-order valence-corrected chi connectivity index (χ1v) is 9.04. The Labute approximate surface area is 155 Å². The van der Waals surface area contributed by atoms with Crippen molar-refractivity contribution in [3.05, 3.63) is 65.2 Å². The van der Waals surface area contributed by atoms with E-state index in [1.54, 1.807) is 0 Å². The lowest BCUT2D eigenvalue weighted by Crippen LogP contribution is -2.29. The maximum Gasteiger partial charge on any atom is 0.133 e. The Hall–Kier alpha value is -2.73. The van der Waals surface area contributed by atoms with Crippen LogP contribution in [0.25, 0.3) is 5.57 Å². The normalized spacial score (nSPS) is 14.8. The van der Waals surface area contributed by atoms with Crippen molar-refractivity contribution in [3.63, 3.8) is 0 Å². The Morgan fingerprint density at radius 3 is 2.50 bits per heavy atom. The van der Waals surface area contributed by atoms with Gasteiger partial charge in [0, 0.05) is 0 Å². The summed E-state index contributed by atoms with van der Waals surface area (Å²) in [5.74, 6) is 1.97. The van der Waals surface area contributed by atoms with Crippen LogP contribution >= 0.6 is 0 Å². The molecule has 0 radical (unpaired) electrons. The zero-order valence-electron chi connectivity index (χ0n) is 15.9. The van der Waals surface area contributed by atoms with Crippen LogP contribution in [0.5, 0.6) is 11.5 Å². The summed E-state index contributed by atoms with van der Waals surface area (Å²) in [4.78, 5) is 0. The van der Waals surface area contributed by atoms with Crippen molar-refractivity contribution >= 4 is 5.57 Å². The zero-order valence-corrected chi connectivity index (χ0v) is 15.9. The van der Waals surface area contributed by atoms with E-state index in [0.29, 0.717) is 23.8 Å². The smallest absolute Gasteiger partial charge is 0.133 e. The zero-order chi connectivity index (χ0) is 18.7. The van der Waals surface area contributed by atoms with Crippen molar-refractivity contribution in [1.29, 1.82) is 5.26 Å². The number of benzene rings is 2. The Morgan fingerprint density at radius 1 is 1.12 bits per heavy atom. The van der Waals surface area contributed by atoms with E-state index in [4.69, 9.17) is 9.47 Å². The van der Waals surface area contributed by atoms with Crippen molar-refractivity contribution in [1.82, 2.24) is 0 Å². The minimum atomic E-state index is -0.509. The average Bonchev–Trinajstić information content (AvgIpc) is 2.58. The maximum atomic E-state index is 9.67. The van der Waals surface area contributed by atoms with E-state index in [1.807, 2.05) is 50.3 Å². The predicted octanol–water partition coefficient (Wildman–Crippen LogP) is 5.54. The molecule has 0 atom stereocenters. The summed E-state index contributed by atoms with van der Waals surface area (Å²) in [5.41, 5.74) is 3.11. The fraction of sp³-hybridized carbons (Fsp3) is 0.348. The second-order valence-electron chi connectivity index (χ2n) is 7.71. The number of nitrogens with zero attached hydrogens (tertiary/aromatic N) is 1. The van der Waals surface area contributed by atoms with E-state index in [-0.39, 0.29) is 0 Å². The molecular formula is C23H25NO2. The van der Waals surface area contributed by atoms with E-state index >= 15 is 0 Å². The van der Waals surface area contributed by atoms with E-state index < -0.39 is 5.60 Å². The fourth-order valence-corrected chi connectivity index (χ4v) is 3.25. The summed E-state index contributed by atoms with van der Waals surface area (Å²) in [6.07, 6.45) is 2.80. The lowest BCUT2D eigenvalue weighted by Gasteiger charge is -2.31. The highest BCUT2D eigenvalue weighted by molar-refractivity contribution is 5.86. The van der Waals surface area contributed by atoms with Crippen molar-refractivity contribution in [2.45, 2.75) is 46.3 Å². The molecule has 0 fully saturated rings. The van der Waals surface area contributed by atoms with Crippen LogP contribution in [0.2, 0.25) is 0 Å². The van der Waals surface area contributed by atoms with Gasteiger partial charge in [0.15, 0.2) is 0 Å². The Kier molecular flexibility index (Phi) is 5.04. The van der Waals surface area contributed by atoms with Crippen molar-refractivity contribution in [2.24, 2.45) is 5.92 Å². The first-order chi connectivity index (χ1) is 12.4. The average molecular weight is 347 g/mol. The number of hydrogen-bond donors (Lipinski definition) is 0. The summed E-state index contributed by atoms with van der Waals surface area (Å²) in [7, 11) is 0. The summed E-state index contributed by atoms with van der Waals surface area (Å²) >= 11 is 0. The molecule has 0 N–H and O–H groups in total. The van der Waals surface area contributed by atoms with Gasteiger partial charge in [0.1, 0.15) is 23.7 Å². The minimum absolute atomic E-state index is 0.459. The van der Waals surface area contributed by atoms with Crippen LogP contribution in [0.1, 0.15) is 44.4 Å². The molecule has 3 heteroatoms. The van der Waals surface area contributed by atoms with Gasteiger partial charge in [0.25, 0.3) is 0 Å². The number of ether oxygens (including phenoxy) is 2. The van der Waals surface area contributed by atoms with Gasteiger partial charge in [-0.3, -0.25) is 0 Å². The highest BCUT2D eigenvalue weighted by Crippen LogP contribution is 2.43. The maximum absolute atomic E-state index is 9.67. The van der Waals surface area contributed by atoms with Gasteiger partial charge in [-0.25, -0.2) is 0 Å². The van der Waals surface area contributed by atoms with Crippen molar-refractivity contribution in [3.8, 4) is 17.6 Å². The van der Waals surface area contributed by atoms with Crippen LogP contribution in [-0.4, -0.2) is 5.60 Å². The third-order valence-corrected chi connectivity index (χ3v) is 4.26. The second kappa shape index (κ2) is 7.25. The van der Waals surface area contributed by atoms with Gasteiger partial charge in [0.05, 0.1) is 17.2 Å². The highest BCUT2D eigenvalue weighted by Gasteiger charge is 2.30. The van der Waals surface area contributed by atoms with Crippen LogP contribution < -0.4 is 9.47 Å². The van der Waals surface area contributed by atoms with E-state index in [1.165, 1.54) is 0 Å². The van der Waals surface area contributed by atoms with Crippen LogP contribution in [0.3, 0.4) is 0 Å². The van der Waals surface area contributed by atoms with Gasteiger partial charge in [-0.05, 0) is 55.5 Å². The number of nitriles is 1. The Balaban J connectivity index is 2.02. The predicted molar refractivity (Wildman–Crippen MR) is 104 cm³/mol. The van der Waals surface area contributed by atoms with E-state index in [2.05, 4.69) is 32.0 Å². The molecule has 3 rings (SSSR count). The summed E-state index contributed by atoms with van der Waals surface area (Å²) in [5, 5.41) is 9.67. The largest absolute Gasteiger partial charge is 0.488 e. The number of allylic oxidation sites excluding steroid dienone is 1. The summed E-state index contributed by atoms with van der Waals surface area (Å²) in [6, 6.07) is 16.5.